The number of hydrogen-bond donors (Lipinski definition) is 1. The van der Waals surface area contributed by atoms with E-state index in [1.807, 2.05) is 18.2 Å². The summed E-state index contributed by atoms with van der Waals surface area (Å²) < 4.78 is 9.23. The molecule has 90 valence electrons. The number of methoxy groups -OCH3 is 1. The van der Waals surface area contributed by atoms with Gasteiger partial charge in [0.2, 0.25) is 5.13 Å². The van der Waals surface area contributed by atoms with Crippen LogP contribution < -0.4 is 5.32 Å². The van der Waals surface area contributed by atoms with Gasteiger partial charge < -0.3 is 10.1 Å². The molecular weight excluding hydrogens is 236 g/mol. The summed E-state index contributed by atoms with van der Waals surface area (Å²) in [5.41, 5.74) is 0.980. The maximum atomic E-state index is 4.95. The zero-order valence-corrected chi connectivity index (χ0v) is 10.4. The first-order chi connectivity index (χ1) is 8.38. The second kappa shape index (κ2) is 6.27. The van der Waals surface area contributed by atoms with E-state index in [0.29, 0.717) is 13.0 Å². The van der Waals surface area contributed by atoms with E-state index in [0.717, 1.165) is 23.2 Å². The molecule has 0 aromatic carbocycles. The maximum Gasteiger partial charge on any atom is 0.202 e. The monoisotopic (exact) mass is 250 g/mol. The standard InChI is InChI=1S/C11H14N4OS/c1-16-7-6-13-11-14-10(15-17-11)8-9-4-2-3-5-12-9/h2-5H,6-8H2,1H3,(H,13,14,15). The molecule has 0 atom stereocenters. The fraction of sp³-hybridized carbons (Fsp3) is 0.364. The van der Waals surface area contributed by atoms with E-state index >= 15 is 0 Å². The van der Waals surface area contributed by atoms with Crippen molar-refractivity contribution in [3.8, 4) is 0 Å². The summed E-state index contributed by atoms with van der Waals surface area (Å²) in [6.07, 6.45) is 2.45. The maximum absolute atomic E-state index is 4.95. The normalized spacial score (nSPS) is 10.4. The molecule has 0 bridgehead atoms. The van der Waals surface area contributed by atoms with E-state index in [4.69, 9.17) is 4.74 Å². The average Bonchev–Trinajstić information content (AvgIpc) is 2.79. The van der Waals surface area contributed by atoms with Crippen LogP contribution in [0.2, 0.25) is 0 Å². The molecule has 0 radical (unpaired) electrons. The van der Waals surface area contributed by atoms with Crippen molar-refractivity contribution in [3.63, 3.8) is 0 Å². The predicted molar refractivity (Wildman–Crippen MR) is 67.3 cm³/mol. The van der Waals surface area contributed by atoms with Gasteiger partial charge in [0.05, 0.1) is 13.0 Å². The lowest BCUT2D eigenvalue weighted by Gasteiger charge is -1.99. The van der Waals surface area contributed by atoms with Crippen molar-refractivity contribution < 1.29 is 4.74 Å². The Balaban J connectivity index is 1.90. The van der Waals surface area contributed by atoms with Crippen LogP contribution in [0.3, 0.4) is 0 Å². The van der Waals surface area contributed by atoms with E-state index in [2.05, 4.69) is 19.7 Å². The summed E-state index contributed by atoms with van der Waals surface area (Å²) in [7, 11) is 1.67. The van der Waals surface area contributed by atoms with Gasteiger partial charge >= 0.3 is 0 Å². The van der Waals surface area contributed by atoms with E-state index in [1.54, 1.807) is 13.3 Å². The van der Waals surface area contributed by atoms with Crippen molar-refractivity contribution in [3.05, 3.63) is 35.9 Å². The highest BCUT2D eigenvalue weighted by molar-refractivity contribution is 7.09. The molecule has 2 aromatic rings. The SMILES string of the molecule is COCCNc1nc(Cc2ccccn2)ns1. The Kier molecular flexibility index (Phi) is 4.40. The second-order valence-electron chi connectivity index (χ2n) is 3.43. The predicted octanol–water partition coefficient (Wildman–Crippen LogP) is 1.58. The minimum atomic E-state index is 0.662. The Morgan fingerprint density at radius 1 is 1.41 bits per heavy atom. The van der Waals surface area contributed by atoms with Crippen molar-refractivity contribution in [2.24, 2.45) is 0 Å². The van der Waals surface area contributed by atoms with Crippen molar-refractivity contribution in [1.82, 2.24) is 14.3 Å². The van der Waals surface area contributed by atoms with E-state index in [1.165, 1.54) is 11.5 Å². The summed E-state index contributed by atoms with van der Waals surface area (Å²) in [5.74, 6) is 0.800. The number of rotatable bonds is 6. The lowest BCUT2D eigenvalue weighted by atomic mass is 10.3. The molecule has 0 fully saturated rings. The van der Waals surface area contributed by atoms with Gasteiger partial charge in [0.25, 0.3) is 0 Å². The summed E-state index contributed by atoms with van der Waals surface area (Å²) >= 11 is 1.36. The third-order valence-corrected chi connectivity index (χ3v) is 2.83. The molecule has 2 rings (SSSR count). The number of hydrogen-bond acceptors (Lipinski definition) is 6. The third-order valence-electron chi connectivity index (χ3n) is 2.12. The minimum Gasteiger partial charge on any atom is -0.383 e. The molecule has 1 N–H and O–H groups in total. The lowest BCUT2D eigenvalue weighted by Crippen LogP contribution is -2.07. The Morgan fingerprint density at radius 2 is 2.35 bits per heavy atom. The van der Waals surface area contributed by atoms with Crippen LogP contribution in [0.25, 0.3) is 0 Å². The third kappa shape index (κ3) is 3.76. The van der Waals surface area contributed by atoms with Gasteiger partial charge in [-0.25, -0.2) is 4.98 Å². The molecule has 0 spiro atoms. The fourth-order valence-corrected chi connectivity index (χ4v) is 1.93. The van der Waals surface area contributed by atoms with Gasteiger partial charge in [-0.05, 0) is 12.1 Å². The Morgan fingerprint density at radius 3 is 3.12 bits per heavy atom. The molecular formula is C11H14N4OS. The van der Waals surface area contributed by atoms with Crippen molar-refractivity contribution >= 4 is 16.7 Å². The van der Waals surface area contributed by atoms with E-state index < -0.39 is 0 Å². The first-order valence-electron chi connectivity index (χ1n) is 5.34. The molecule has 0 saturated heterocycles. The smallest absolute Gasteiger partial charge is 0.202 e. The average molecular weight is 250 g/mol. The quantitative estimate of drug-likeness (QED) is 0.789. The molecule has 0 aliphatic heterocycles. The second-order valence-corrected chi connectivity index (χ2v) is 4.19. The van der Waals surface area contributed by atoms with Crippen LogP contribution in [0.4, 0.5) is 5.13 Å². The van der Waals surface area contributed by atoms with E-state index in [9.17, 15) is 0 Å². The van der Waals surface area contributed by atoms with Crippen LogP contribution in [-0.4, -0.2) is 34.6 Å². The van der Waals surface area contributed by atoms with Gasteiger partial charge in [0.15, 0.2) is 5.82 Å². The zero-order chi connectivity index (χ0) is 11.9. The van der Waals surface area contributed by atoms with Crippen LogP contribution in [-0.2, 0) is 11.2 Å². The van der Waals surface area contributed by atoms with Crippen LogP contribution in [0.1, 0.15) is 11.5 Å². The minimum absolute atomic E-state index is 0.662. The molecule has 0 saturated carbocycles. The molecule has 0 unspecified atom stereocenters. The molecule has 0 aliphatic carbocycles. The highest BCUT2D eigenvalue weighted by atomic mass is 32.1. The molecule has 17 heavy (non-hydrogen) atoms. The van der Waals surface area contributed by atoms with Crippen LogP contribution >= 0.6 is 11.5 Å². The Hall–Kier alpha value is -1.53. The van der Waals surface area contributed by atoms with Crippen molar-refractivity contribution in [1.29, 1.82) is 0 Å². The molecule has 0 amide bonds. The first kappa shape index (κ1) is 11.9. The van der Waals surface area contributed by atoms with Gasteiger partial charge in [-0.15, -0.1) is 0 Å². The summed E-state index contributed by atoms with van der Waals surface area (Å²) in [6.45, 7) is 1.41. The lowest BCUT2D eigenvalue weighted by molar-refractivity contribution is 0.211. The molecule has 2 heterocycles. The zero-order valence-electron chi connectivity index (χ0n) is 9.59. The van der Waals surface area contributed by atoms with Gasteiger partial charge in [-0.2, -0.15) is 4.37 Å². The van der Waals surface area contributed by atoms with Crippen LogP contribution in [0, 0.1) is 0 Å². The van der Waals surface area contributed by atoms with Gasteiger partial charge in [-0.1, -0.05) is 6.07 Å². The number of ether oxygens (including phenoxy) is 1. The number of aromatic nitrogens is 3. The Labute approximate surface area is 104 Å². The largest absolute Gasteiger partial charge is 0.383 e. The number of nitrogens with zero attached hydrogens (tertiary/aromatic N) is 3. The van der Waals surface area contributed by atoms with Crippen LogP contribution in [0.5, 0.6) is 0 Å². The van der Waals surface area contributed by atoms with Gasteiger partial charge in [-0.3, -0.25) is 4.98 Å². The molecule has 6 heteroatoms. The first-order valence-corrected chi connectivity index (χ1v) is 6.11. The van der Waals surface area contributed by atoms with Crippen molar-refractivity contribution in [2.45, 2.75) is 6.42 Å². The topological polar surface area (TPSA) is 59.9 Å². The molecule has 0 aliphatic rings. The summed E-state index contributed by atoms with van der Waals surface area (Å²) in [5, 5.41) is 3.98. The highest BCUT2D eigenvalue weighted by Gasteiger charge is 2.04. The summed E-state index contributed by atoms with van der Waals surface area (Å²) in [4.78, 5) is 8.62. The highest BCUT2D eigenvalue weighted by Crippen LogP contribution is 2.12. The van der Waals surface area contributed by atoms with Gasteiger partial charge in [0, 0.05) is 37.1 Å². The fourth-order valence-electron chi connectivity index (χ4n) is 1.32. The summed E-state index contributed by atoms with van der Waals surface area (Å²) in [6, 6.07) is 5.83. The molecule has 2 aromatic heterocycles. The van der Waals surface area contributed by atoms with Gasteiger partial charge in [0.1, 0.15) is 0 Å². The van der Waals surface area contributed by atoms with E-state index in [-0.39, 0.29) is 0 Å². The van der Waals surface area contributed by atoms with Crippen LogP contribution in [0.15, 0.2) is 24.4 Å². The number of pyridine rings is 1. The molecule has 5 nitrogen and oxygen atoms in total. The Bertz CT molecular complexity index is 446. The number of nitrogens with one attached hydrogen (secondary N) is 1. The van der Waals surface area contributed by atoms with Crippen molar-refractivity contribution in [2.75, 3.05) is 25.6 Å². The number of anilines is 1.